The first-order valence-corrected chi connectivity index (χ1v) is 5.23. The highest BCUT2D eigenvalue weighted by molar-refractivity contribution is 7.09. The van der Waals surface area contributed by atoms with Crippen LogP contribution in [0.15, 0.2) is 5.51 Å². The summed E-state index contributed by atoms with van der Waals surface area (Å²) < 4.78 is 0. The minimum absolute atomic E-state index is 0.734. The van der Waals surface area contributed by atoms with E-state index in [0.717, 1.165) is 6.04 Å². The molecule has 2 nitrogen and oxygen atoms in total. The first-order valence-electron chi connectivity index (χ1n) is 4.35. The maximum absolute atomic E-state index is 4.35. The summed E-state index contributed by atoms with van der Waals surface area (Å²) in [5, 5.41) is 0. The molecule has 0 amide bonds. The van der Waals surface area contributed by atoms with E-state index in [1.165, 1.54) is 29.8 Å². The van der Waals surface area contributed by atoms with Gasteiger partial charge in [-0.05, 0) is 33.4 Å². The van der Waals surface area contributed by atoms with Crippen LogP contribution < -0.4 is 0 Å². The number of hydrogen-bond acceptors (Lipinski definition) is 3. The largest absolute Gasteiger partial charge is 0.306 e. The van der Waals surface area contributed by atoms with Crippen molar-refractivity contribution in [1.29, 1.82) is 0 Å². The summed E-state index contributed by atoms with van der Waals surface area (Å²) in [6.45, 7) is 0. The number of aryl methyl sites for hydroxylation is 1. The molecule has 0 bridgehead atoms. The Kier molecular flexibility index (Phi) is 2.15. The van der Waals surface area contributed by atoms with Crippen LogP contribution >= 0.6 is 11.3 Å². The minimum Gasteiger partial charge on any atom is -0.306 e. The van der Waals surface area contributed by atoms with E-state index in [0.29, 0.717) is 0 Å². The van der Waals surface area contributed by atoms with Crippen molar-refractivity contribution in [3.8, 4) is 0 Å². The second-order valence-corrected chi connectivity index (χ2v) is 4.52. The number of hydrogen-bond donors (Lipinski definition) is 0. The summed E-state index contributed by atoms with van der Waals surface area (Å²) in [6, 6.07) is 0.734. The molecule has 3 heteroatoms. The zero-order valence-electron chi connectivity index (χ0n) is 7.58. The summed E-state index contributed by atoms with van der Waals surface area (Å²) in [7, 11) is 4.33. The zero-order chi connectivity index (χ0) is 8.55. The highest BCUT2D eigenvalue weighted by Crippen LogP contribution is 2.25. The quantitative estimate of drug-likeness (QED) is 0.655. The van der Waals surface area contributed by atoms with Crippen molar-refractivity contribution in [1.82, 2.24) is 9.88 Å². The highest BCUT2D eigenvalue weighted by atomic mass is 32.1. The molecule has 66 valence electrons. The first kappa shape index (κ1) is 8.20. The maximum atomic E-state index is 4.35. The second-order valence-electron chi connectivity index (χ2n) is 3.58. The Morgan fingerprint density at radius 2 is 2.42 bits per heavy atom. The molecule has 0 fully saturated rings. The van der Waals surface area contributed by atoms with Crippen molar-refractivity contribution in [2.45, 2.75) is 25.3 Å². The van der Waals surface area contributed by atoms with Crippen molar-refractivity contribution >= 4 is 11.3 Å². The highest BCUT2D eigenvalue weighted by Gasteiger charge is 2.21. The third-order valence-corrected chi connectivity index (χ3v) is 3.49. The topological polar surface area (TPSA) is 16.1 Å². The maximum Gasteiger partial charge on any atom is 0.0797 e. The Morgan fingerprint density at radius 1 is 1.58 bits per heavy atom. The standard InChI is InChI=1S/C9H14N2S/c1-11(2)7-3-4-8-9(5-7)12-6-10-8/h6-7H,3-5H2,1-2H3. The second kappa shape index (κ2) is 3.15. The average Bonchev–Trinajstić information content (AvgIpc) is 2.49. The Bertz CT molecular complexity index is 267. The van der Waals surface area contributed by atoms with Gasteiger partial charge in [0.15, 0.2) is 0 Å². The summed E-state index contributed by atoms with van der Waals surface area (Å²) in [5.74, 6) is 0. The molecule has 0 radical (unpaired) electrons. The van der Waals surface area contributed by atoms with Gasteiger partial charge in [0, 0.05) is 10.9 Å². The number of rotatable bonds is 1. The molecule has 0 spiro atoms. The summed E-state index contributed by atoms with van der Waals surface area (Å²) >= 11 is 1.81. The van der Waals surface area contributed by atoms with Gasteiger partial charge >= 0.3 is 0 Å². The number of aromatic nitrogens is 1. The van der Waals surface area contributed by atoms with Gasteiger partial charge in [0.1, 0.15) is 0 Å². The molecular formula is C9H14N2S. The third kappa shape index (κ3) is 1.39. The van der Waals surface area contributed by atoms with E-state index >= 15 is 0 Å². The molecule has 12 heavy (non-hydrogen) atoms. The fraction of sp³-hybridized carbons (Fsp3) is 0.667. The van der Waals surface area contributed by atoms with E-state index in [-0.39, 0.29) is 0 Å². The van der Waals surface area contributed by atoms with E-state index in [1.807, 2.05) is 16.8 Å². The van der Waals surface area contributed by atoms with Crippen LogP contribution in [-0.2, 0) is 12.8 Å². The Hall–Kier alpha value is -0.410. The van der Waals surface area contributed by atoms with Gasteiger partial charge in [-0.3, -0.25) is 0 Å². The molecule has 1 unspecified atom stereocenters. The van der Waals surface area contributed by atoms with Crippen LogP contribution in [0, 0.1) is 0 Å². The number of fused-ring (bicyclic) bond motifs is 1. The molecule has 1 atom stereocenters. The van der Waals surface area contributed by atoms with Crippen LogP contribution in [0.1, 0.15) is 17.0 Å². The fourth-order valence-corrected chi connectivity index (χ4v) is 2.61. The average molecular weight is 182 g/mol. The Labute approximate surface area is 77.2 Å². The van der Waals surface area contributed by atoms with Crippen molar-refractivity contribution in [2.24, 2.45) is 0 Å². The van der Waals surface area contributed by atoms with Crippen LogP contribution in [0.3, 0.4) is 0 Å². The predicted octanol–water partition coefficient (Wildman–Crippen LogP) is 1.56. The molecule has 1 aliphatic carbocycles. The van der Waals surface area contributed by atoms with Gasteiger partial charge in [0.25, 0.3) is 0 Å². The lowest BCUT2D eigenvalue weighted by molar-refractivity contribution is 0.269. The SMILES string of the molecule is CN(C)C1CCc2ncsc2C1. The first-order chi connectivity index (χ1) is 5.77. The van der Waals surface area contributed by atoms with E-state index in [2.05, 4.69) is 24.0 Å². The molecule has 1 aromatic rings. The van der Waals surface area contributed by atoms with E-state index in [9.17, 15) is 0 Å². The number of thiazole rings is 1. The molecule has 0 saturated carbocycles. The lowest BCUT2D eigenvalue weighted by atomic mass is 9.97. The molecule has 0 aliphatic heterocycles. The van der Waals surface area contributed by atoms with Crippen molar-refractivity contribution in [3.63, 3.8) is 0 Å². The van der Waals surface area contributed by atoms with E-state index < -0.39 is 0 Å². The van der Waals surface area contributed by atoms with Crippen LogP contribution in [0.4, 0.5) is 0 Å². The lowest BCUT2D eigenvalue weighted by Gasteiger charge is -2.27. The minimum atomic E-state index is 0.734. The molecule has 1 aromatic heterocycles. The lowest BCUT2D eigenvalue weighted by Crippen LogP contribution is -2.32. The smallest absolute Gasteiger partial charge is 0.0797 e. The van der Waals surface area contributed by atoms with Crippen molar-refractivity contribution in [3.05, 3.63) is 16.1 Å². The molecule has 0 aromatic carbocycles. The summed E-state index contributed by atoms with van der Waals surface area (Å²) in [4.78, 5) is 8.17. The van der Waals surface area contributed by atoms with Crippen LogP contribution in [-0.4, -0.2) is 30.0 Å². The van der Waals surface area contributed by atoms with Crippen molar-refractivity contribution < 1.29 is 0 Å². The van der Waals surface area contributed by atoms with Gasteiger partial charge in [0.05, 0.1) is 11.2 Å². The summed E-state index contributed by atoms with van der Waals surface area (Å²) in [5.41, 5.74) is 3.32. The fourth-order valence-electron chi connectivity index (χ4n) is 1.72. The van der Waals surface area contributed by atoms with Crippen molar-refractivity contribution in [2.75, 3.05) is 14.1 Å². The molecule has 1 heterocycles. The zero-order valence-corrected chi connectivity index (χ0v) is 8.40. The molecule has 0 N–H and O–H groups in total. The van der Waals surface area contributed by atoms with Crippen LogP contribution in [0.2, 0.25) is 0 Å². The Morgan fingerprint density at radius 3 is 3.17 bits per heavy atom. The van der Waals surface area contributed by atoms with Gasteiger partial charge in [0.2, 0.25) is 0 Å². The molecule has 2 rings (SSSR count). The normalized spacial score (nSPS) is 22.8. The molecule has 1 aliphatic rings. The molecule has 0 saturated heterocycles. The molecular weight excluding hydrogens is 168 g/mol. The van der Waals surface area contributed by atoms with Crippen LogP contribution in [0.5, 0.6) is 0 Å². The van der Waals surface area contributed by atoms with Gasteiger partial charge in [-0.2, -0.15) is 0 Å². The number of nitrogens with zero attached hydrogens (tertiary/aromatic N) is 2. The van der Waals surface area contributed by atoms with Gasteiger partial charge < -0.3 is 4.90 Å². The summed E-state index contributed by atoms with van der Waals surface area (Å²) in [6.07, 6.45) is 3.64. The predicted molar refractivity (Wildman–Crippen MR) is 51.6 cm³/mol. The Balaban J connectivity index is 2.15. The van der Waals surface area contributed by atoms with Gasteiger partial charge in [-0.25, -0.2) is 4.98 Å². The number of likely N-dealkylation sites (N-methyl/N-ethyl adjacent to an activating group) is 1. The van der Waals surface area contributed by atoms with Gasteiger partial charge in [-0.1, -0.05) is 0 Å². The monoisotopic (exact) mass is 182 g/mol. The third-order valence-electron chi connectivity index (χ3n) is 2.59. The van der Waals surface area contributed by atoms with Gasteiger partial charge in [-0.15, -0.1) is 11.3 Å². The van der Waals surface area contributed by atoms with Crippen LogP contribution in [0.25, 0.3) is 0 Å². The van der Waals surface area contributed by atoms with E-state index in [4.69, 9.17) is 0 Å². The van der Waals surface area contributed by atoms with E-state index in [1.54, 1.807) is 0 Å².